The van der Waals surface area contributed by atoms with Gasteiger partial charge in [-0.25, -0.2) is 4.79 Å². The first kappa shape index (κ1) is 8.35. The van der Waals surface area contributed by atoms with E-state index in [9.17, 15) is 4.79 Å². The van der Waals surface area contributed by atoms with Gasteiger partial charge in [-0.15, -0.1) is 5.92 Å². The van der Waals surface area contributed by atoms with Crippen LogP contribution in [-0.4, -0.2) is 11.1 Å². The zero-order valence-electron chi connectivity index (χ0n) is 6.66. The lowest BCUT2D eigenvalue weighted by molar-refractivity contribution is 0.0697. The van der Waals surface area contributed by atoms with Crippen LogP contribution < -0.4 is 0 Å². The van der Waals surface area contributed by atoms with E-state index in [1.165, 1.54) is 0 Å². The average molecular weight is 160 g/mol. The Morgan fingerprint density at radius 2 is 2.25 bits per heavy atom. The molecule has 0 saturated carbocycles. The topological polar surface area (TPSA) is 37.3 Å². The van der Waals surface area contributed by atoms with E-state index in [0.29, 0.717) is 0 Å². The van der Waals surface area contributed by atoms with Gasteiger partial charge >= 0.3 is 5.97 Å². The van der Waals surface area contributed by atoms with Crippen LogP contribution in [0.15, 0.2) is 24.3 Å². The van der Waals surface area contributed by atoms with Crippen molar-refractivity contribution in [3.8, 4) is 11.8 Å². The highest BCUT2D eigenvalue weighted by atomic mass is 16.4. The molecule has 1 rings (SSSR count). The fraction of sp³-hybridized carbons (Fsp3) is 0.100. The molecular formula is C10H8O2. The van der Waals surface area contributed by atoms with Crippen LogP contribution in [0.2, 0.25) is 0 Å². The molecule has 0 aromatic heterocycles. The van der Waals surface area contributed by atoms with Crippen LogP contribution in [0, 0.1) is 11.8 Å². The van der Waals surface area contributed by atoms with Gasteiger partial charge < -0.3 is 5.11 Å². The zero-order chi connectivity index (χ0) is 8.97. The summed E-state index contributed by atoms with van der Waals surface area (Å²) in [4.78, 5) is 10.5. The summed E-state index contributed by atoms with van der Waals surface area (Å²) in [7, 11) is 0. The first-order valence-corrected chi connectivity index (χ1v) is 3.50. The van der Waals surface area contributed by atoms with Gasteiger partial charge in [-0.2, -0.15) is 0 Å². The molecule has 0 heterocycles. The van der Waals surface area contributed by atoms with Crippen LogP contribution in [0.1, 0.15) is 22.8 Å². The molecule has 2 heteroatoms. The molecule has 0 aliphatic rings. The van der Waals surface area contributed by atoms with Gasteiger partial charge in [0, 0.05) is 5.56 Å². The van der Waals surface area contributed by atoms with E-state index in [1.807, 2.05) is 0 Å². The van der Waals surface area contributed by atoms with Gasteiger partial charge in [0.1, 0.15) is 0 Å². The second-order valence-corrected chi connectivity index (χ2v) is 2.26. The number of benzene rings is 1. The Labute approximate surface area is 70.8 Å². The van der Waals surface area contributed by atoms with E-state index in [2.05, 4.69) is 11.8 Å². The SMILES string of the molecule is CC#Cc1cccc(C(=O)O)c1. The third-order valence-corrected chi connectivity index (χ3v) is 1.38. The summed E-state index contributed by atoms with van der Waals surface area (Å²) in [6.07, 6.45) is 0. The van der Waals surface area contributed by atoms with Crippen molar-refractivity contribution in [3.05, 3.63) is 35.4 Å². The second-order valence-electron chi connectivity index (χ2n) is 2.26. The standard InChI is InChI=1S/C10H8O2/c1-2-4-8-5-3-6-9(7-8)10(11)12/h3,5-7H,1H3,(H,11,12). The number of carboxylic acid groups (broad SMARTS) is 1. The van der Waals surface area contributed by atoms with Crippen molar-refractivity contribution in [1.82, 2.24) is 0 Å². The van der Waals surface area contributed by atoms with Gasteiger partial charge in [-0.1, -0.05) is 12.0 Å². The van der Waals surface area contributed by atoms with Crippen LogP contribution in [-0.2, 0) is 0 Å². The van der Waals surface area contributed by atoms with Gasteiger partial charge in [0.15, 0.2) is 0 Å². The zero-order valence-corrected chi connectivity index (χ0v) is 6.66. The van der Waals surface area contributed by atoms with Crippen LogP contribution in [0.5, 0.6) is 0 Å². The molecule has 0 aliphatic heterocycles. The Morgan fingerprint density at radius 1 is 1.50 bits per heavy atom. The molecule has 1 aromatic rings. The number of hydrogen-bond acceptors (Lipinski definition) is 1. The van der Waals surface area contributed by atoms with Crippen molar-refractivity contribution >= 4 is 5.97 Å². The monoisotopic (exact) mass is 160 g/mol. The molecule has 0 bridgehead atoms. The quantitative estimate of drug-likeness (QED) is 0.635. The largest absolute Gasteiger partial charge is 0.478 e. The maximum atomic E-state index is 10.5. The number of rotatable bonds is 1. The summed E-state index contributed by atoms with van der Waals surface area (Å²) in [6, 6.07) is 6.56. The molecule has 0 saturated heterocycles. The van der Waals surface area contributed by atoms with Gasteiger partial charge in [0.25, 0.3) is 0 Å². The lowest BCUT2D eigenvalue weighted by Crippen LogP contribution is -1.95. The Morgan fingerprint density at radius 3 is 2.83 bits per heavy atom. The fourth-order valence-corrected chi connectivity index (χ4v) is 0.874. The summed E-state index contributed by atoms with van der Waals surface area (Å²) >= 11 is 0. The van der Waals surface area contributed by atoms with E-state index >= 15 is 0 Å². The maximum absolute atomic E-state index is 10.5. The summed E-state index contributed by atoms with van der Waals surface area (Å²) in [6.45, 7) is 1.72. The molecule has 0 spiro atoms. The van der Waals surface area contributed by atoms with Crippen molar-refractivity contribution < 1.29 is 9.90 Å². The highest BCUT2D eigenvalue weighted by molar-refractivity contribution is 5.87. The molecule has 0 aliphatic carbocycles. The summed E-state index contributed by atoms with van der Waals surface area (Å²) in [5.41, 5.74) is 1.01. The second kappa shape index (κ2) is 3.59. The smallest absolute Gasteiger partial charge is 0.335 e. The number of hydrogen-bond donors (Lipinski definition) is 1. The van der Waals surface area contributed by atoms with Crippen LogP contribution >= 0.6 is 0 Å². The van der Waals surface area contributed by atoms with Crippen molar-refractivity contribution in [3.63, 3.8) is 0 Å². The van der Waals surface area contributed by atoms with Crippen molar-refractivity contribution in [2.45, 2.75) is 6.92 Å². The van der Waals surface area contributed by atoms with Crippen LogP contribution in [0.4, 0.5) is 0 Å². The first-order chi connectivity index (χ1) is 5.74. The Hall–Kier alpha value is -1.75. The van der Waals surface area contributed by atoms with Gasteiger partial charge in [0.05, 0.1) is 5.56 Å². The molecule has 0 fully saturated rings. The van der Waals surface area contributed by atoms with Crippen LogP contribution in [0.25, 0.3) is 0 Å². The number of carbonyl (C=O) groups is 1. The molecule has 60 valence electrons. The lowest BCUT2D eigenvalue weighted by Gasteiger charge is -1.93. The summed E-state index contributed by atoms with van der Waals surface area (Å²) < 4.78 is 0. The molecule has 1 N–H and O–H groups in total. The molecule has 1 aromatic carbocycles. The highest BCUT2D eigenvalue weighted by Crippen LogP contribution is 2.03. The third-order valence-electron chi connectivity index (χ3n) is 1.38. The Kier molecular flexibility index (Phi) is 2.49. The molecular weight excluding hydrogens is 152 g/mol. The number of aromatic carboxylic acids is 1. The summed E-state index contributed by atoms with van der Waals surface area (Å²) in [5, 5.41) is 8.63. The molecule has 0 radical (unpaired) electrons. The fourth-order valence-electron chi connectivity index (χ4n) is 0.874. The predicted octanol–water partition coefficient (Wildman–Crippen LogP) is 1.76. The van der Waals surface area contributed by atoms with Crippen molar-refractivity contribution in [1.29, 1.82) is 0 Å². The van der Waals surface area contributed by atoms with Crippen LogP contribution in [0.3, 0.4) is 0 Å². The van der Waals surface area contributed by atoms with Crippen molar-refractivity contribution in [2.75, 3.05) is 0 Å². The van der Waals surface area contributed by atoms with E-state index in [1.54, 1.807) is 31.2 Å². The minimum Gasteiger partial charge on any atom is -0.478 e. The van der Waals surface area contributed by atoms with Gasteiger partial charge in [-0.3, -0.25) is 0 Å². The molecule has 0 unspecified atom stereocenters. The predicted molar refractivity (Wildman–Crippen MR) is 46.0 cm³/mol. The normalized spacial score (nSPS) is 8.42. The van der Waals surface area contributed by atoms with Crippen molar-refractivity contribution in [2.24, 2.45) is 0 Å². The third kappa shape index (κ3) is 1.86. The minimum absolute atomic E-state index is 0.273. The lowest BCUT2D eigenvalue weighted by atomic mass is 10.1. The summed E-state index contributed by atoms with van der Waals surface area (Å²) in [5.74, 6) is 4.58. The van der Waals surface area contributed by atoms with E-state index in [-0.39, 0.29) is 5.56 Å². The molecule has 0 amide bonds. The van der Waals surface area contributed by atoms with E-state index in [0.717, 1.165) is 5.56 Å². The maximum Gasteiger partial charge on any atom is 0.335 e. The minimum atomic E-state index is -0.922. The Balaban J connectivity index is 3.09. The van der Waals surface area contributed by atoms with Gasteiger partial charge in [-0.05, 0) is 25.1 Å². The Bertz CT molecular complexity index is 356. The molecule has 0 atom stereocenters. The average Bonchev–Trinajstić information content (AvgIpc) is 2.05. The van der Waals surface area contributed by atoms with E-state index in [4.69, 9.17) is 5.11 Å². The highest BCUT2D eigenvalue weighted by Gasteiger charge is 2.00. The molecule has 2 nitrogen and oxygen atoms in total. The number of carboxylic acids is 1. The molecule has 12 heavy (non-hydrogen) atoms. The van der Waals surface area contributed by atoms with Gasteiger partial charge in [0.2, 0.25) is 0 Å². The first-order valence-electron chi connectivity index (χ1n) is 3.50. The van der Waals surface area contributed by atoms with E-state index < -0.39 is 5.97 Å².